The van der Waals surface area contributed by atoms with Crippen molar-refractivity contribution in [2.24, 2.45) is 11.8 Å². The van der Waals surface area contributed by atoms with E-state index >= 15 is 0 Å². The van der Waals surface area contributed by atoms with E-state index in [1.54, 1.807) is 12.1 Å². The van der Waals surface area contributed by atoms with E-state index < -0.39 is 0 Å². The van der Waals surface area contributed by atoms with Gasteiger partial charge in [-0.3, -0.25) is 0 Å². The van der Waals surface area contributed by atoms with Gasteiger partial charge >= 0.3 is 0 Å². The zero-order valence-corrected chi connectivity index (χ0v) is 10.7. The maximum Gasteiger partial charge on any atom is 0.115 e. The smallest absolute Gasteiger partial charge is 0.115 e. The summed E-state index contributed by atoms with van der Waals surface area (Å²) >= 11 is 0. The lowest BCUT2D eigenvalue weighted by molar-refractivity contribution is 0.376. The van der Waals surface area contributed by atoms with Gasteiger partial charge in [-0.05, 0) is 48.8 Å². The van der Waals surface area contributed by atoms with Crippen LogP contribution >= 0.6 is 0 Å². The first kappa shape index (κ1) is 13.1. The topological polar surface area (TPSA) is 20.2 Å². The number of phenolic OH excluding ortho intramolecular Hbond substituents is 1. The van der Waals surface area contributed by atoms with Crippen molar-refractivity contribution >= 4 is 0 Å². The largest absolute Gasteiger partial charge is 0.508 e. The van der Waals surface area contributed by atoms with Crippen molar-refractivity contribution in [3.63, 3.8) is 0 Å². The van der Waals surface area contributed by atoms with Crippen LogP contribution in [0.2, 0.25) is 0 Å². The van der Waals surface area contributed by atoms with Crippen molar-refractivity contribution < 1.29 is 5.11 Å². The first-order valence-electron chi connectivity index (χ1n) is 6.39. The normalized spacial score (nSPS) is 13.0. The maximum absolute atomic E-state index is 9.20. The molecule has 0 aromatic heterocycles. The van der Waals surface area contributed by atoms with Gasteiger partial charge in [0.15, 0.2) is 0 Å². The van der Waals surface area contributed by atoms with E-state index in [2.05, 4.69) is 20.8 Å². The van der Waals surface area contributed by atoms with Gasteiger partial charge < -0.3 is 5.11 Å². The van der Waals surface area contributed by atoms with Crippen LogP contribution in [0.25, 0.3) is 0 Å². The molecule has 0 aliphatic heterocycles. The number of phenols is 1. The number of hydrogen-bond donors (Lipinski definition) is 1. The van der Waals surface area contributed by atoms with E-state index in [0.717, 1.165) is 18.3 Å². The molecule has 16 heavy (non-hydrogen) atoms. The first-order chi connectivity index (χ1) is 7.61. The van der Waals surface area contributed by atoms with E-state index in [9.17, 15) is 5.11 Å². The fourth-order valence-corrected chi connectivity index (χ4v) is 2.19. The molecule has 1 rings (SSSR count). The third-order valence-electron chi connectivity index (χ3n) is 3.16. The third kappa shape index (κ3) is 4.69. The number of rotatable bonds is 6. The van der Waals surface area contributed by atoms with Gasteiger partial charge in [-0.15, -0.1) is 0 Å². The van der Waals surface area contributed by atoms with Crippen molar-refractivity contribution in [2.75, 3.05) is 0 Å². The van der Waals surface area contributed by atoms with Crippen molar-refractivity contribution in [1.82, 2.24) is 0 Å². The minimum atomic E-state index is 0.359. The molecule has 0 amide bonds. The molecule has 1 atom stereocenters. The van der Waals surface area contributed by atoms with Crippen molar-refractivity contribution in [3.8, 4) is 5.75 Å². The number of aromatic hydroxyl groups is 1. The summed E-state index contributed by atoms with van der Waals surface area (Å²) in [4.78, 5) is 0. The zero-order valence-electron chi connectivity index (χ0n) is 10.7. The molecule has 0 spiro atoms. The van der Waals surface area contributed by atoms with Gasteiger partial charge in [-0.25, -0.2) is 0 Å². The van der Waals surface area contributed by atoms with Crippen LogP contribution in [0.4, 0.5) is 0 Å². The van der Waals surface area contributed by atoms with Gasteiger partial charge in [0.25, 0.3) is 0 Å². The van der Waals surface area contributed by atoms with E-state index in [0.29, 0.717) is 5.75 Å². The molecule has 1 aromatic rings. The minimum Gasteiger partial charge on any atom is -0.508 e. The van der Waals surface area contributed by atoms with Crippen molar-refractivity contribution in [3.05, 3.63) is 29.8 Å². The Balaban J connectivity index is 2.40. The van der Waals surface area contributed by atoms with E-state index in [1.807, 2.05) is 12.1 Å². The molecule has 0 bridgehead atoms. The highest BCUT2D eigenvalue weighted by Gasteiger charge is 2.08. The second-order valence-electron chi connectivity index (χ2n) is 5.11. The lowest BCUT2D eigenvalue weighted by atomic mass is 9.89. The molecule has 0 saturated heterocycles. The summed E-state index contributed by atoms with van der Waals surface area (Å²) in [6, 6.07) is 7.60. The van der Waals surface area contributed by atoms with Crippen LogP contribution in [0.3, 0.4) is 0 Å². The number of benzene rings is 1. The molecular weight excluding hydrogens is 196 g/mol. The van der Waals surface area contributed by atoms with Crippen LogP contribution in [0, 0.1) is 11.8 Å². The predicted molar refractivity (Wildman–Crippen MR) is 69.7 cm³/mol. The Hall–Kier alpha value is -0.980. The molecule has 0 aliphatic rings. The fourth-order valence-electron chi connectivity index (χ4n) is 2.19. The molecule has 0 aliphatic carbocycles. The second kappa shape index (κ2) is 6.57. The quantitative estimate of drug-likeness (QED) is 0.753. The average Bonchev–Trinajstić information content (AvgIpc) is 2.26. The van der Waals surface area contributed by atoms with Crippen LogP contribution in [-0.2, 0) is 6.42 Å². The summed E-state index contributed by atoms with van der Waals surface area (Å²) in [6.07, 6.45) is 5.00. The Morgan fingerprint density at radius 1 is 1.12 bits per heavy atom. The molecule has 1 nitrogen and oxygen atoms in total. The van der Waals surface area contributed by atoms with E-state index in [4.69, 9.17) is 0 Å². The van der Waals surface area contributed by atoms with Crippen LogP contribution < -0.4 is 0 Å². The van der Waals surface area contributed by atoms with Gasteiger partial charge in [0.05, 0.1) is 0 Å². The predicted octanol–water partition coefficient (Wildman–Crippen LogP) is 4.40. The summed E-state index contributed by atoms with van der Waals surface area (Å²) in [7, 11) is 0. The molecule has 1 heteroatoms. The Kier molecular flexibility index (Phi) is 5.37. The molecule has 1 aromatic carbocycles. The lowest BCUT2D eigenvalue weighted by Gasteiger charge is -2.16. The van der Waals surface area contributed by atoms with Gasteiger partial charge in [-0.2, -0.15) is 0 Å². The van der Waals surface area contributed by atoms with E-state index in [-0.39, 0.29) is 0 Å². The van der Waals surface area contributed by atoms with Crippen LogP contribution in [0.1, 0.15) is 45.6 Å². The molecule has 0 radical (unpaired) electrons. The van der Waals surface area contributed by atoms with Crippen molar-refractivity contribution in [2.45, 2.75) is 46.5 Å². The number of aryl methyl sites for hydroxylation is 1. The Morgan fingerprint density at radius 3 is 2.25 bits per heavy atom. The van der Waals surface area contributed by atoms with Gasteiger partial charge in [-0.1, -0.05) is 39.3 Å². The molecule has 1 unspecified atom stereocenters. The average molecular weight is 220 g/mol. The summed E-state index contributed by atoms with van der Waals surface area (Å²) in [5.74, 6) is 2.00. The van der Waals surface area contributed by atoms with Crippen LogP contribution in [0.15, 0.2) is 24.3 Å². The first-order valence-corrected chi connectivity index (χ1v) is 6.39. The van der Waals surface area contributed by atoms with Crippen LogP contribution in [-0.4, -0.2) is 5.11 Å². The van der Waals surface area contributed by atoms with Gasteiger partial charge in [0, 0.05) is 0 Å². The standard InChI is InChI=1S/C15H24O/c1-4-13(11-12(2)3)5-6-14-7-9-15(16)10-8-14/h7-10,12-13,16H,4-6,11H2,1-3H3. The Labute approximate surface area is 99.5 Å². The fraction of sp³-hybridized carbons (Fsp3) is 0.600. The zero-order chi connectivity index (χ0) is 12.0. The molecule has 0 fully saturated rings. The summed E-state index contributed by atoms with van der Waals surface area (Å²) < 4.78 is 0. The highest BCUT2D eigenvalue weighted by Crippen LogP contribution is 2.21. The summed E-state index contributed by atoms with van der Waals surface area (Å²) in [5, 5.41) is 9.20. The van der Waals surface area contributed by atoms with Crippen LogP contribution in [0.5, 0.6) is 5.75 Å². The summed E-state index contributed by atoms with van der Waals surface area (Å²) in [6.45, 7) is 6.87. The molecule has 90 valence electrons. The van der Waals surface area contributed by atoms with Gasteiger partial charge in [0.1, 0.15) is 5.75 Å². The lowest BCUT2D eigenvalue weighted by Crippen LogP contribution is -2.05. The van der Waals surface area contributed by atoms with Gasteiger partial charge in [0.2, 0.25) is 0 Å². The molecule has 0 saturated carbocycles. The SMILES string of the molecule is CCC(CCc1ccc(O)cc1)CC(C)C. The molecule has 1 N–H and O–H groups in total. The highest BCUT2D eigenvalue weighted by atomic mass is 16.3. The minimum absolute atomic E-state index is 0.359. The molecule has 0 heterocycles. The third-order valence-corrected chi connectivity index (χ3v) is 3.16. The maximum atomic E-state index is 9.20. The molecular formula is C15H24O. The monoisotopic (exact) mass is 220 g/mol. The van der Waals surface area contributed by atoms with Crippen molar-refractivity contribution in [1.29, 1.82) is 0 Å². The summed E-state index contributed by atoms with van der Waals surface area (Å²) in [5.41, 5.74) is 1.33. The highest BCUT2D eigenvalue weighted by molar-refractivity contribution is 5.25. The Morgan fingerprint density at radius 2 is 1.75 bits per heavy atom. The Bertz CT molecular complexity index is 287. The van der Waals surface area contributed by atoms with E-state index in [1.165, 1.54) is 24.8 Å². The number of hydrogen-bond acceptors (Lipinski definition) is 1. The second-order valence-corrected chi connectivity index (χ2v) is 5.11.